The van der Waals surface area contributed by atoms with Crippen molar-refractivity contribution >= 4 is 27.8 Å². The van der Waals surface area contributed by atoms with Gasteiger partial charge in [-0.3, -0.25) is 0 Å². The van der Waals surface area contributed by atoms with Gasteiger partial charge in [0.05, 0.1) is 11.0 Å². The van der Waals surface area contributed by atoms with Gasteiger partial charge in [0.15, 0.2) is 0 Å². The van der Waals surface area contributed by atoms with Crippen molar-refractivity contribution in [3.05, 3.63) is 224 Å². The SMILES string of the molecule is [2H]c1c([2H])c(N(c2ccc(-c3cccc(-c4ccccc4)c3)cc2)c2c([2H])c([2H])c(-c3cccc(-c4cccc5ccccc45)c3)c([2H])c2[2H])c([2H])c([2H])c1-c1ccccc1. The third-order valence-corrected chi connectivity index (χ3v) is 9.41. The van der Waals surface area contributed by atoms with E-state index in [1.165, 1.54) is 4.90 Å². The molecule has 250 valence electrons. The second-order valence-electron chi connectivity index (χ2n) is 12.7. The van der Waals surface area contributed by atoms with Crippen molar-refractivity contribution in [3.8, 4) is 55.6 Å². The maximum Gasteiger partial charge on any atom is 0.0645 e. The van der Waals surface area contributed by atoms with Crippen LogP contribution < -0.4 is 4.90 Å². The molecule has 0 amide bonds. The number of fused-ring (bicyclic) bond motifs is 1. The number of anilines is 3. The molecule has 0 fully saturated rings. The quantitative estimate of drug-likeness (QED) is 0.154. The van der Waals surface area contributed by atoms with Crippen molar-refractivity contribution in [2.45, 2.75) is 0 Å². The van der Waals surface area contributed by atoms with Gasteiger partial charge in [0, 0.05) is 17.1 Å². The summed E-state index contributed by atoms with van der Waals surface area (Å²) in [5, 5.41) is 2.11. The van der Waals surface area contributed by atoms with E-state index in [2.05, 4.69) is 6.07 Å². The van der Waals surface area contributed by atoms with Crippen molar-refractivity contribution < 1.29 is 11.0 Å². The van der Waals surface area contributed by atoms with Gasteiger partial charge in [0.1, 0.15) is 0 Å². The summed E-state index contributed by atoms with van der Waals surface area (Å²) in [4.78, 5) is 1.34. The second kappa shape index (κ2) is 14.3. The summed E-state index contributed by atoms with van der Waals surface area (Å²) in [6.45, 7) is 0. The van der Waals surface area contributed by atoms with Gasteiger partial charge in [0.25, 0.3) is 0 Å². The fraction of sp³-hybridized carbons (Fsp3) is 0. The van der Waals surface area contributed by atoms with Crippen molar-refractivity contribution in [2.75, 3.05) is 4.90 Å². The standard InChI is InChI=1S/C52H37N/c1-3-12-38(13-4-1)40-24-30-48(31-25-40)53(49-32-26-41(27-33-49)45-19-9-18-44(36-45)39-14-5-2-6-15-39)50-34-28-42(29-35-50)46-20-10-21-47(37-46)52-23-11-17-43-16-7-8-22-51(43)52/h1-37H/i24D,25D,28D,29D,30D,31D,34D,35D. The van der Waals surface area contributed by atoms with Gasteiger partial charge in [-0.25, -0.2) is 0 Å². The summed E-state index contributed by atoms with van der Waals surface area (Å²) in [7, 11) is 0. The molecule has 9 rings (SSSR count). The summed E-state index contributed by atoms with van der Waals surface area (Å²) in [6.07, 6.45) is 0. The van der Waals surface area contributed by atoms with E-state index < -0.39 is 12.1 Å². The molecule has 0 spiro atoms. The van der Waals surface area contributed by atoms with Crippen LogP contribution in [0.5, 0.6) is 0 Å². The Morgan fingerprint density at radius 3 is 1.32 bits per heavy atom. The highest BCUT2D eigenvalue weighted by atomic mass is 15.1. The highest BCUT2D eigenvalue weighted by Gasteiger charge is 2.14. The highest BCUT2D eigenvalue weighted by molar-refractivity contribution is 5.97. The molecule has 9 aromatic carbocycles. The van der Waals surface area contributed by atoms with Crippen LogP contribution in [0.4, 0.5) is 17.1 Å². The van der Waals surface area contributed by atoms with E-state index in [9.17, 15) is 8.22 Å². The molecule has 0 heterocycles. The second-order valence-corrected chi connectivity index (χ2v) is 12.7. The number of rotatable bonds is 8. The van der Waals surface area contributed by atoms with Gasteiger partial charge in [-0.1, -0.05) is 176 Å². The molecule has 0 atom stereocenters. The van der Waals surface area contributed by atoms with Gasteiger partial charge in [0.2, 0.25) is 0 Å². The van der Waals surface area contributed by atoms with Crippen LogP contribution in [0, 0.1) is 0 Å². The highest BCUT2D eigenvalue weighted by Crippen LogP contribution is 2.39. The molecule has 0 aliphatic heterocycles. The molecular formula is C52H37N. The molecule has 9 aromatic rings. The number of hydrogen-bond acceptors (Lipinski definition) is 1. The Morgan fingerprint density at radius 1 is 0.283 bits per heavy atom. The van der Waals surface area contributed by atoms with Crippen molar-refractivity contribution in [2.24, 2.45) is 0 Å². The van der Waals surface area contributed by atoms with Crippen molar-refractivity contribution in [3.63, 3.8) is 0 Å². The fourth-order valence-electron chi connectivity index (χ4n) is 6.73. The molecule has 53 heavy (non-hydrogen) atoms. The molecule has 0 saturated heterocycles. The van der Waals surface area contributed by atoms with E-state index in [1.807, 2.05) is 127 Å². The lowest BCUT2D eigenvalue weighted by Crippen LogP contribution is -2.09. The average Bonchev–Trinajstić information content (AvgIpc) is 3.30. The molecule has 0 bridgehead atoms. The predicted octanol–water partition coefficient (Wildman–Crippen LogP) is 14.6. The Balaban J connectivity index is 1.22. The summed E-state index contributed by atoms with van der Waals surface area (Å²) >= 11 is 0. The van der Waals surface area contributed by atoms with Crippen LogP contribution in [0.2, 0.25) is 0 Å². The van der Waals surface area contributed by atoms with Crippen LogP contribution >= 0.6 is 0 Å². The molecule has 0 aliphatic carbocycles. The lowest BCUT2D eigenvalue weighted by Gasteiger charge is -2.26. The van der Waals surface area contributed by atoms with Crippen molar-refractivity contribution in [1.82, 2.24) is 0 Å². The summed E-state index contributed by atoms with van der Waals surface area (Å²) in [5.41, 5.74) is 6.92. The van der Waals surface area contributed by atoms with Crippen LogP contribution in [0.3, 0.4) is 0 Å². The minimum atomic E-state index is -0.393. The van der Waals surface area contributed by atoms with Crippen LogP contribution in [-0.2, 0) is 0 Å². The topological polar surface area (TPSA) is 3.24 Å². The van der Waals surface area contributed by atoms with Gasteiger partial charge in [-0.2, -0.15) is 0 Å². The average molecular weight is 684 g/mol. The molecule has 1 nitrogen and oxygen atoms in total. The molecule has 1 heteroatoms. The zero-order valence-corrected chi connectivity index (χ0v) is 28.7. The molecule has 0 unspecified atom stereocenters. The van der Waals surface area contributed by atoms with E-state index in [4.69, 9.17) is 2.74 Å². The van der Waals surface area contributed by atoms with Gasteiger partial charge in [-0.15, -0.1) is 0 Å². The Labute approximate surface area is 323 Å². The predicted molar refractivity (Wildman–Crippen MR) is 226 cm³/mol. The largest absolute Gasteiger partial charge is 0.311 e. The van der Waals surface area contributed by atoms with Gasteiger partial charge < -0.3 is 4.90 Å². The van der Waals surface area contributed by atoms with Crippen LogP contribution in [0.1, 0.15) is 11.0 Å². The molecule has 0 saturated carbocycles. The summed E-state index contributed by atoms with van der Waals surface area (Å²) in [6, 6.07) is 53.0. The first-order valence-electron chi connectivity index (χ1n) is 21.5. The zero-order valence-electron chi connectivity index (χ0n) is 36.7. The Hall–Kier alpha value is -6.96. The van der Waals surface area contributed by atoms with E-state index >= 15 is 0 Å². The minimum absolute atomic E-state index is 0.105. The molecule has 0 aliphatic rings. The van der Waals surface area contributed by atoms with E-state index in [1.54, 1.807) is 42.5 Å². The normalized spacial score (nSPS) is 13.1. The molecule has 0 aromatic heterocycles. The smallest absolute Gasteiger partial charge is 0.0645 e. The van der Waals surface area contributed by atoms with E-state index in [0.717, 1.165) is 44.2 Å². The van der Waals surface area contributed by atoms with Crippen molar-refractivity contribution in [1.29, 1.82) is 0 Å². The number of benzene rings is 9. The maximum atomic E-state index is 9.54. The van der Waals surface area contributed by atoms with Gasteiger partial charge >= 0.3 is 0 Å². The fourth-order valence-corrected chi connectivity index (χ4v) is 6.73. The van der Waals surface area contributed by atoms with E-state index in [0.29, 0.717) is 16.8 Å². The lowest BCUT2D eigenvalue weighted by molar-refractivity contribution is 1.28. The van der Waals surface area contributed by atoms with Gasteiger partial charge in [-0.05, 0) is 115 Å². The monoisotopic (exact) mass is 683 g/mol. The Bertz CT molecular complexity index is 3050. The summed E-state index contributed by atoms with van der Waals surface area (Å²) in [5.74, 6) is 0. The third kappa shape index (κ3) is 6.65. The maximum absolute atomic E-state index is 9.54. The van der Waals surface area contributed by atoms with E-state index in [-0.39, 0.29) is 58.8 Å². The Kier molecular flexibility index (Phi) is 6.57. The Morgan fingerprint density at radius 2 is 0.698 bits per heavy atom. The number of hydrogen-bond donors (Lipinski definition) is 0. The third-order valence-electron chi connectivity index (χ3n) is 9.41. The van der Waals surface area contributed by atoms with Crippen LogP contribution in [0.15, 0.2) is 224 Å². The summed E-state index contributed by atoms with van der Waals surface area (Å²) < 4.78 is 75.0. The number of nitrogens with zero attached hydrogens (tertiary/aromatic N) is 1. The first-order valence-corrected chi connectivity index (χ1v) is 17.5. The zero-order chi connectivity index (χ0) is 42.4. The first kappa shape index (κ1) is 24.3. The van der Waals surface area contributed by atoms with Crippen LogP contribution in [0.25, 0.3) is 66.4 Å². The first-order chi connectivity index (χ1) is 29.6. The molecule has 0 radical (unpaired) electrons. The van der Waals surface area contributed by atoms with Crippen LogP contribution in [-0.4, -0.2) is 0 Å². The minimum Gasteiger partial charge on any atom is -0.311 e. The lowest BCUT2D eigenvalue weighted by atomic mass is 9.95. The molecule has 0 N–H and O–H groups in total. The molecular weight excluding hydrogens is 639 g/mol.